The summed E-state index contributed by atoms with van der Waals surface area (Å²) in [6.45, 7) is 11.1. The third kappa shape index (κ3) is 7.80. The number of hydrogen-bond acceptors (Lipinski definition) is 4. The quantitative estimate of drug-likeness (QED) is 0.277. The molecule has 0 atom stereocenters. The van der Waals surface area contributed by atoms with Crippen LogP contribution in [0.4, 0.5) is 0 Å². The SMILES string of the molecule is C=COCNCCCCOC(=O)C(C)(C)CC. The van der Waals surface area contributed by atoms with E-state index in [0.717, 1.165) is 25.8 Å². The molecule has 0 heterocycles. The van der Waals surface area contributed by atoms with Crippen LogP contribution in [0.1, 0.15) is 40.0 Å². The van der Waals surface area contributed by atoms with Gasteiger partial charge in [0.25, 0.3) is 0 Å². The Balaban J connectivity index is 3.40. The maximum absolute atomic E-state index is 11.6. The zero-order valence-electron chi connectivity index (χ0n) is 11.3. The first-order chi connectivity index (χ1) is 8.04. The van der Waals surface area contributed by atoms with Gasteiger partial charge in [0, 0.05) is 0 Å². The molecule has 0 fully saturated rings. The zero-order valence-corrected chi connectivity index (χ0v) is 11.3. The van der Waals surface area contributed by atoms with Crippen LogP contribution in [-0.4, -0.2) is 25.9 Å². The lowest BCUT2D eigenvalue weighted by molar-refractivity contribution is -0.154. The maximum Gasteiger partial charge on any atom is 0.311 e. The van der Waals surface area contributed by atoms with E-state index in [0.29, 0.717) is 13.3 Å². The lowest BCUT2D eigenvalue weighted by Gasteiger charge is -2.20. The normalized spacial score (nSPS) is 11.0. The molecule has 0 aliphatic carbocycles. The summed E-state index contributed by atoms with van der Waals surface area (Å²) in [6.07, 6.45) is 4.03. The minimum Gasteiger partial charge on any atom is -0.487 e. The Hall–Kier alpha value is -1.03. The van der Waals surface area contributed by atoms with Crippen molar-refractivity contribution in [1.82, 2.24) is 5.32 Å². The van der Waals surface area contributed by atoms with Crippen molar-refractivity contribution >= 4 is 5.97 Å². The number of unbranched alkanes of at least 4 members (excludes halogenated alkanes) is 1. The van der Waals surface area contributed by atoms with Crippen LogP contribution >= 0.6 is 0 Å². The van der Waals surface area contributed by atoms with Crippen molar-refractivity contribution in [3.05, 3.63) is 12.8 Å². The molecule has 0 amide bonds. The van der Waals surface area contributed by atoms with Gasteiger partial charge in [-0.05, 0) is 39.7 Å². The van der Waals surface area contributed by atoms with E-state index in [1.165, 1.54) is 6.26 Å². The number of rotatable bonds is 10. The van der Waals surface area contributed by atoms with Gasteiger partial charge in [-0.2, -0.15) is 0 Å². The van der Waals surface area contributed by atoms with Crippen molar-refractivity contribution in [3.63, 3.8) is 0 Å². The Morgan fingerprint density at radius 3 is 2.71 bits per heavy atom. The van der Waals surface area contributed by atoms with Crippen LogP contribution < -0.4 is 5.32 Å². The fraction of sp³-hybridized carbons (Fsp3) is 0.769. The van der Waals surface area contributed by atoms with Crippen molar-refractivity contribution in [2.24, 2.45) is 5.41 Å². The van der Waals surface area contributed by atoms with Crippen molar-refractivity contribution in [3.8, 4) is 0 Å². The topological polar surface area (TPSA) is 47.6 Å². The van der Waals surface area contributed by atoms with E-state index in [4.69, 9.17) is 9.47 Å². The molecule has 17 heavy (non-hydrogen) atoms. The molecular formula is C13H25NO3. The Morgan fingerprint density at radius 1 is 1.41 bits per heavy atom. The molecule has 0 aromatic rings. The molecular weight excluding hydrogens is 218 g/mol. The van der Waals surface area contributed by atoms with Crippen LogP contribution in [0.2, 0.25) is 0 Å². The average Bonchev–Trinajstić information content (AvgIpc) is 2.32. The Bertz CT molecular complexity index is 227. The van der Waals surface area contributed by atoms with Gasteiger partial charge in [0.15, 0.2) is 0 Å². The minimum atomic E-state index is -0.365. The molecule has 100 valence electrons. The van der Waals surface area contributed by atoms with Crippen molar-refractivity contribution in [2.45, 2.75) is 40.0 Å². The molecule has 0 bridgehead atoms. The van der Waals surface area contributed by atoms with E-state index in [-0.39, 0.29) is 11.4 Å². The van der Waals surface area contributed by atoms with Gasteiger partial charge in [-0.3, -0.25) is 10.1 Å². The number of hydrogen-bond donors (Lipinski definition) is 1. The van der Waals surface area contributed by atoms with Gasteiger partial charge in [-0.1, -0.05) is 13.5 Å². The summed E-state index contributed by atoms with van der Waals surface area (Å²) in [5.41, 5.74) is -0.365. The molecule has 0 radical (unpaired) electrons. The van der Waals surface area contributed by atoms with E-state index in [2.05, 4.69) is 11.9 Å². The van der Waals surface area contributed by atoms with Gasteiger partial charge in [-0.25, -0.2) is 0 Å². The molecule has 0 unspecified atom stereocenters. The second kappa shape index (κ2) is 9.05. The monoisotopic (exact) mass is 243 g/mol. The Morgan fingerprint density at radius 2 is 2.12 bits per heavy atom. The summed E-state index contributed by atoms with van der Waals surface area (Å²) in [6, 6.07) is 0. The molecule has 0 saturated heterocycles. The first kappa shape index (κ1) is 16.0. The molecule has 0 aliphatic rings. The highest BCUT2D eigenvalue weighted by Crippen LogP contribution is 2.21. The molecule has 0 aromatic heterocycles. The maximum atomic E-state index is 11.6. The second-order valence-corrected chi connectivity index (χ2v) is 4.56. The van der Waals surface area contributed by atoms with Crippen LogP contribution in [-0.2, 0) is 14.3 Å². The fourth-order valence-electron chi connectivity index (χ4n) is 1.05. The number of esters is 1. The number of nitrogens with one attached hydrogen (secondary N) is 1. The highest BCUT2D eigenvalue weighted by Gasteiger charge is 2.26. The van der Waals surface area contributed by atoms with Gasteiger partial charge in [-0.15, -0.1) is 0 Å². The summed E-state index contributed by atoms with van der Waals surface area (Å²) >= 11 is 0. The largest absolute Gasteiger partial charge is 0.487 e. The Kier molecular flexibility index (Phi) is 8.50. The number of carbonyl (C=O) groups is 1. The Labute approximate surface area is 104 Å². The van der Waals surface area contributed by atoms with Gasteiger partial charge >= 0.3 is 5.97 Å². The number of ether oxygens (including phenoxy) is 2. The van der Waals surface area contributed by atoms with Crippen LogP contribution in [0, 0.1) is 5.41 Å². The fourth-order valence-corrected chi connectivity index (χ4v) is 1.05. The van der Waals surface area contributed by atoms with Gasteiger partial charge in [0.05, 0.1) is 18.3 Å². The first-order valence-electron chi connectivity index (χ1n) is 6.15. The van der Waals surface area contributed by atoms with E-state index in [1.54, 1.807) is 0 Å². The highest BCUT2D eigenvalue weighted by atomic mass is 16.5. The standard InChI is InChI=1S/C13H25NO3/c1-5-13(3,4)12(15)17-10-8-7-9-14-11-16-6-2/h6,14H,2,5,7-11H2,1,3-4H3. The predicted molar refractivity (Wildman–Crippen MR) is 68.4 cm³/mol. The molecule has 0 rings (SSSR count). The molecule has 1 N–H and O–H groups in total. The molecule has 0 aliphatic heterocycles. The molecule has 0 saturated carbocycles. The van der Waals surface area contributed by atoms with Gasteiger partial charge < -0.3 is 9.47 Å². The summed E-state index contributed by atoms with van der Waals surface area (Å²) in [5.74, 6) is -0.108. The predicted octanol–water partition coefficient (Wildman–Crippen LogP) is 2.45. The zero-order chi connectivity index (χ0) is 13.1. The summed E-state index contributed by atoms with van der Waals surface area (Å²) < 4.78 is 10.1. The second-order valence-electron chi connectivity index (χ2n) is 4.56. The molecule has 4 heteroatoms. The molecule has 0 spiro atoms. The first-order valence-corrected chi connectivity index (χ1v) is 6.15. The van der Waals surface area contributed by atoms with Crippen LogP contribution in [0.25, 0.3) is 0 Å². The van der Waals surface area contributed by atoms with E-state index in [1.807, 2.05) is 20.8 Å². The average molecular weight is 243 g/mol. The van der Waals surface area contributed by atoms with Crippen LogP contribution in [0.5, 0.6) is 0 Å². The summed E-state index contributed by atoms with van der Waals surface area (Å²) in [4.78, 5) is 11.6. The van der Waals surface area contributed by atoms with Crippen LogP contribution in [0.3, 0.4) is 0 Å². The number of carbonyl (C=O) groups excluding carboxylic acids is 1. The van der Waals surface area contributed by atoms with Crippen LogP contribution in [0.15, 0.2) is 12.8 Å². The van der Waals surface area contributed by atoms with Gasteiger partial charge in [0.2, 0.25) is 0 Å². The van der Waals surface area contributed by atoms with Crippen molar-refractivity contribution in [1.29, 1.82) is 0 Å². The molecule has 0 aromatic carbocycles. The summed E-state index contributed by atoms with van der Waals surface area (Å²) in [5, 5.41) is 3.08. The summed E-state index contributed by atoms with van der Waals surface area (Å²) in [7, 11) is 0. The molecule has 4 nitrogen and oxygen atoms in total. The van der Waals surface area contributed by atoms with E-state index in [9.17, 15) is 4.79 Å². The lowest BCUT2D eigenvalue weighted by atomic mass is 9.91. The van der Waals surface area contributed by atoms with Crippen molar-refractivity contribution < 1.29 is 14.3 Å². The third-order valence-electron chi connectivity index (χ3n) is 2.72. The third-order valence-corrected chi connectivity index (χ3v) is 2.72. The minimum absolute atomic E-state index is 0.108. The van der Waals surface area contributed by atoms with E-state index < -0.39 is 0 Å². The lowest BCUT2D eigenvalue weighted by Crippen LogP contribution is -2.26. The highest BCUT2D eigenvalue weighted by molar-refractivity contribution is 5.75. The van der Waals surface area contributed by atoms with E-state index >= 15 is 0 Å². The smallest absolute Gasteiger partial charge is 0.311 e. The van der Waals surface area contributed by atoms with Crippen molar-refractivity contribution in [2.75, 3.05) is 19.9 Å². The van der Waals surface area contributed by atoms with Gasteiger partial charge in [0.1, 0.15) is 6.73 Å².